The van der Waals surface area contributed by atoms with E-state index in [0.29, 0.717) is 11.3 Å². The van der Waals surface area contributed by atoms with Gasteiger partial charge in [-0.25, -0.2) is 4.79 Å². The highest BCUT2D eigenvalue weighted by atomic mass is 16.5. The van der Waals surface area contributed by atoms with Crippen molar-refractivity contribution in [3.8, 4) is 11.1 Å². The number of carbonyl (C=O) groups is 1. The molecule has 3 heteroatoms. The molecule has 0 saturated heterocycles. The summed E-state index contributed by atoms with van der Waals surface area (Å²) in [6, 6.07) is 13.8. The van der Waals surface area contributed by atoms with Gasteiger partial charge in [0.15, 0.2) is 0 Å². The zero-order chi connectivity index (χ0) is 14.5. The zero-order valence-electron chi connectivity index (χ0n) is 11.8. The van der Waals surface area contributed by atoms with Crippen molar-refractivity contribution in [1.29, 1.82) is 0 Å². The summed E-state index contributed by atoms with van der Waals surface area (Å²) in [4.78, 5) is 11.7. The molecule has 0 bridgehead atoms. The first kappa shape index (κ1) is 14.1. The number of aryl methyl sites for hydroxylation is 1. The molecule has 0 heterocycles. The maximum atomic E-state index is 11.7. The molecule has 3 nitrogen and oxygen atoms in total. The van der Waals surface area contributed by atoms with Gasteiger partial charge in [0.05, 0.1) is 12.7 Å². The average Bonchev–Trinajstić information content (AvgIpc) is 2.48. The fourth-order valence-electron chi connectivity index (χ4n) is 2.18. The molecule has 2 aromatic carbocycles. The minimum Gasteiger partial charge on any atom is -0.465 e. The number of anilines is 1. The minimum atomic E-state index is -0.410. The van der Waals surface area contributed by atoms with Crippen LogP contribution in [0.3, 0.4) is 0 Å². The van der Waals surface area contributed by atoms with Crippen LogP contribution in [0, 0.1) is 0 Å². The number of benzene rings is 2. The van der Waals surface area contributed by atoms with Crippen molar-refractivity contribution in [3.63, 3.8) is 0 Å². The predicted octanol–water partition coefficient (Wildman–Crippen LogP) is 3.67. The normalized spacial score (nSPS) is 10.3. The largest absolute Gasteiger partial charge is 0.465 e. The quantitative estimate of drug-likeness (QED) is 0.680. The third-order valence-corrected chi connectivity index (χ3v) is 3.28. The molecule has 0 atom stereocenters. The Balaban J connectivity index is 2.35. The number of hydrogen-bond donors (Lipinski definition) is 1. The Labute approximate surface area is 119 Å². The van der Waals surface area contributed by atoms with E-state index in [9.17, 15) is 4.79 Å². The number of nitrogen functional groups attached to an aromatic ring is 1. The number of esters is 1. The minimum absolute atomic E-state index is 0.405. The predicted molar refractivity (Wildman–Crippen MR) is 81.6 cm³/mol. The van der Waals surface area contributed by atoms with Gasteiger partial charge in [0, 0.05) is 5.69 Å². The third kappa shape index (κ3) is 2.99. The molecule has 2 rings (SSSR count). The first-order valence-electron chi connectivity index (χ1n) is 6.73. The Morgan fingerprint density at radius 2 is 1.75 bits per heavy atom. The van der Waals surface area contributed by atoms with Gasteiger partial charge in [-0.1, -0.05) is 43.7 Å². The summed E-state index contributed by atoms with van der Waals surface area (Å²) in [6.07, 6.45) is 2.21. The molecule has 0 aromatic heterocycles. The van der Waals surface area contributed by atoms with Gasteiger partial charge in [0.2, 0.25) is 0 Å². The van der Waals surface area contributed by atoms with E-state index in [0.717, 1.165) is 24.0 Å². The molecule has 2 aromatic rings. The Hall–Kier alpha value is -2.29. The highest BCUT2D eigenvalue weighted by Gasteiger charge is 2.11. The Kier molecular flexibility index (Phi) is 4.41. The highest BCUT2D eigenvalue weighted by molar-refractivity contribution is 5.96. The van der Waals surface area contributed by atoms with Crippen LogP contribution >= 0.6 is 0 Å². The van der Waals surface area contributed by atoms with Gasteiger partial charge >= 0.3 is 5.97 Å². The molecule has 2 N–H and O–H groups in total. The van der Waals surface area contributed by atoms with Crippen LogP contribution in [0.5, 0.6) is 0 Å². The van der Waals surface area contributed by atoms with E-state index >= 15 is 0 Å². The third-order valence-electron chi connectivity index (χ3n) is 3.28. The fraction of sp³-hybridized carbons (Fsp3) is 0.235. The van der Waals surface area contributed by atoms with Crippen molar-refractivity contribution < 1.29 is 9.53 Å². The molecule has 20 heavy (non-hydrogen) atoms. The average molecular weight is 269 g/mol. The molecular formula is C17H19NO2. The van der Waals surface area contributed by atoms with E-state index in [1.165, 1.54) is 12.7 Å². The maximum Gasteiger partial charge on any atom is 0.339 e. The topological polar surface area (TPSA) is 52.3 Å². The monoisotopic (exact) mass is 269 g/mol. The molecule has 0 spiro atoms. The summed E-state index contributed by atoms with van der Waals surface area (Å²) in [5.74, 6) is -0.410. The molecule has 0 fully saturated rings. The Bertz CT molecular complexity index is 603. The van der Waals surface area contributed by atoms with E-state index in [2.05, 4.69) is 31.2 Å². The first-order chi connectivity index (χ1) is 9.65. The number of methoxy groups -OCH3 is 1. The number of rotatable bonds is 4. The van der Waals surface area contributed by atoms with Crippen molar-refractivity contribution >= 4 is 11.7 Å². The van der Waals surface area contributed by atoms with E-state index < -0.39 is 5.97 Å². The van der Waals surface area contributed by atoms with Crippen LogP contribution in [-0.4, -0.2) is 13.1 Å². The van der Waals surface area contributed by atoms with Crippen LogP contribution in [0.15, 0.2) is 42.5 Å². The number of ether oxygens (including phenoxy) is 1. The Morgan fingerprint density at radius 1 is 1.10 bits per heavy atom. The summed E-state index contributed by atoms with van der Waals surface area (Å²) in [5.41, 5.74) is 9.99. The standard InChI is InChI=1S/C17H19NO2/c1-3-4-12-5-7-13(8-6-12)14-9-10-16(18)15(11-14)17(19)20-2/h5-11H,3-4,18H2,1-2H3. The van der Waals surface area contributed by atoms with Crippen LogP contribution in [0.2, 0.25) is 0 Å². The van der Waals surface area contributed by atoms with Crippen LogP contribution in [-0.2, 0) is 11.2 Å². The van der Waals surface area contributed by atoms with Gasteiger partial charge in [-0.3, -0.25) is 0 Å². The maximum absolute atomic E-state index is 11.7. The van der Waals surface area contributed by atoms with Crippen molar-refractivity contribution in [2.75, 3.05) is 12.8 Å². The number of hydrogen-bond acceptors (Lipinski definition) is 3. The molecule has 0 unspecified atom stereocenters. The smallest absolute Gasteiger partial charge is 0.339 e. The van der Waals surface area contributed by atoms with Gasteiger partial charge in [0.1, 0.15) is 0 Å². The molecule has 0 aliphatic heterocycles. The lowest BCUT2D eigenvalue weighted by atomic mass is 10.00. The summed E-state index contributed by atoms with van der Waals surface area (Å²) in [6.45, 7) is 2.16. The summed E-state index contributed by atoms with van der Waals surface area (Å²) < 4.78 is 4.74. The van der Waals surface area contributed by atoms with E-state index in [1.807, 2.05) is 6.07 Å². The van der Waals surface area contributed by atoms with Gasteiger partial charge in [-0.15, -0.1) is 0 Å². The van der Waals surface area contributed by atoms with Crippen molar-refractivity contribution in [2.24, 2.45) is 0 Å². The molecule has 0 saturated carbocycles. The van der Waals surface area contributed by atoms with E-state index in [-0.39, 0.29) is 0 Å². The molecule has 0 aliphatic rings. The van der Waals surface area contributed by atoms with E-state index in [1.54, 1.807) is 12.1 Å². The van der Waals surface area contributed by atoms with Crippen molar-refractivity contribution in [3.05, 3.63) is 53.6 Å². The number of nitrogens with two attached hydrogens (primary N) is 1. The second-order valence-electron chi connectivity index (χ2n) is 4.74. The van der Waals surface area contributed by atoms with Gasteiger partial charge in [-0.05, 0) is 35.2 Å². The summed E-state index contributed by atoms with van der Waals surface area (Å²) in [5, 5.41) is 0. The lowest BCUT2D eigenvalue weighted by Gasteiger charge is -2.08. The van der Waals surface area contributed by atoms with Gasteiger partial charge in [0.25, 0.3) is 0 Å². The molecule has 0 radical (unpaired) electrons. The second kappa shape index (κ2) is 6.24. The molecular weight excluding hydrogens is 250 g/mol. The van der Waals surface area contributed by atoms with Gasteiger partial charge < -0.3 is 10.5 Å². The molecule has 0 amide bonds. The second-order valence-corrected chi connectivity index (χ2v) is 4.74. The van der Waals surface area contributed by atoms with Crippen molar-refractivity contribution in [2.45, 2.75) is 19.8 Å². The zero-order valence-corrected chi connectivity index (χ0v) is 11.8. The van der Waals surface area contributed by atoms with Crippen LogP contribution in [0.1, 0.15) is 29.3 Å². The van der Waals surface area contributed by atoms with Gasteiger partial charge in [-0.2, -0.15) is 0 Å². The highest BCUT2D eigenvalue weighted by Crippen LogP contribution is 2.25. The van der Waals surface area contributed by atoms with E-state index in [4.69, 9.17) is 10.5 Å². The van der Waals surface area contributed by atoms with Crippen LogP contribution < -0.4 is 5.73 Å². The lowest BCUT2D eigenvalue weighted by molar-refractivity contribution is 0.0602. The van der Waals surface area contributed by atoms with Crippen LogP contribution in [0.4, 0.5) is 5.69 Å². The summed E-state index contributed by atoms with van der Waals surface area (Å²) in [7, 11) is 1.36. The molecule has 0 aliphatic carbocycles. The SMILES string of the molecule is CCCc1ccc(-c2ccc(N)c(C(=O)OC)c2)cc1. The summed E-state index contributed by atoms with van der Waals surface area (Å²) >= 11 is 0. The van der Waals surface area contributed by atoms with Crippen molar-refractivity contribution in [1.82, 2.24) is 0 Å². The first-order valence-corrected chi connectivity index (χ1v) is 6.73. The fourth-order valence-corrected chi connectivity index (χ4v) is 2.18. The molecule has 104 valence electrons. The Morgan fingerprint density at radius 3 is 2.35 bits per heavy atom. The number of carbonyl (C=O) groups excluding carboxylic acids is 1. The van der Waals surface area contributed by atoms with Crippen LogP contribution in [0.25, 0.3) is 11.1 Å². The lowest BCUT2D eigenvalue weighted by Crippen LogP contribution is -2.05.